The quantitative estimate of drug-likeness (QED) is 0.575. The highest BCUT2D eigenvalue weighted by Crippen LogP contribution is 2.11. The standard InChI is InChI=1S/C12H24N6O/c1-4-13-10-15-11(14-8-6-5-7-9-19)17-12(16-10)18(2)3/h19H,4-9H2,1-3H3,(H2,13,14,15,16,17). The first-order valence-corrected chi connectivity index (χ1v) is 6.69. The van der Waals surface area contributed by atoms with Gasteiger partial charge in [-0.05, 0) is 26.2 Å². The van der Waals surface area contributed by atoms with E-state index in [1.807, 2.05) is 25.9 Å². The SMILES string of the molecule is CCNc1nc(NCCCCCO)nc(N(C)C)n1. The fourth-order valence-corrected chi connectivity index (χ4v) is 1.49. The smallest absolute Gasteiger partial charge is 0.231 e. The molecule has 0 aliphatic heterocycles. The van der Waals surface area contributed by atoms with Crippen LogP contribution in [0.4, 0.5) is 17.8 Å². The number of nitrogens with one attached hydrogen (secondary N) is 2. The van der Waals surface area contributed by atoms with Crippen molar-refractivity contribution < 1.29 is 5.11 Å². The Morgan fingerprint density at radius 1 is 1.00 bits per heavy atom. The fraction of sp³-hybridized carbons (Fsp3) is 0.750. The zero-order valence-corrected chi connectivity index (χ0v) is 12.0. The maximum atomic E-state index is 8.71. The second-order valence-corrected chi connectivity index (χ2v) is 4.42. The monoisotopic (exact) mass is 268 g/mol. The van der Waals surface area contributed by atoms with E-state index < -0.39 is 0 Å². The van der Waals surface area contributed by atoms with Crippen molar-refractivity contribution in [1.29, 1.82) is 0 Å². The van der Waals surface area contributed by atoms with E-state index in [1.54, 1.807) is 0 Å². The highest BCUT2D eigenvalue weighted by atomic mass is 16.2. The first-order chi connectivity index (χ1) is 9.17. The van der Waals surface area contributed by atoms with Gasteiger partial charge in [0.1, 0.15) is 0 Å². The molecular weight excluding hydrogens is 244 g/mol. The molecule has 0 unspecified atom stereocenters. The molecule has 0 atom stereocenters. The molecule has 1 aromatic heterocycles. The van der Waals surface area contributed by atoms with Gasteiger partial charge >= 0.3 is 0 Å². The normalized spacial score (nSPS) is 10.3. The van der Waals surface area contributed by atoms with Crippen molar-refractivity contribution in [2.75, 3.05) is 49.3 Å². The van der Waals surface area contributed by atoms with Crippen LogP contribution in [-0.4, -0.2) is 53.9 Å². The van der Waals surface area contributed by atoms with Crippen LogP contribution in [0.5, 0.6) is 0 Å². The first kappa shape index (κ1) is 15.4. The minimum Gasteiger partial charge on any atom is -0.396 e. The summed E-state index contributed by atoms with van der Waals surface area (Å²) in [7, 11) is 3.80. The largest absolute Gasteiger partial charge is 0.396 e. The first-order valence-electron chi connectivity index (χ1n) is 6.69. The van der Waals surface area contributed by atoms with Crippen LogP contribution in [-0.2, 0) is 0 Å². The molecule has 0 saturated carbocycles. The topological polar surface area (TPSA) is 86.2 Å². The molecule has 0 fully saturated rings. The Bertz CT molecular complexity index is 371. The number of hydrogen-bond donors (Lipinski definition) is 3. The average Bonchev–Trinajstić information content (AvgIpc) is 2.38. The van der Waals surface area contributed by atoms with E-state index in [2.05, 4.69) is 25.6 Å². The summed E-state index contributed by atoms with van der Waals surface area (Å²) in [5.41, 5.74) is 0. The molecule has 3 N–H and O–H groups in total. The van der Waals surface area contributed by atoms with E-state index in [4.69, 9.17) is 5.11 Å². The van der Waals surface area contributed by atoms with Gasteiger partial charge in [-0.3, -0.25) is 0 Å². The van der Waals surface area contributed by atoms with Gasteiger partial charge in [0, 0.05) is 33.8 Å². The molecule has 0 amide bonds. The van der Waals surface area contributed by atoms with Crippen molar-refractivity contribution >= 4 is 17.8 Å². The van der Waals surface area contributed by atoms with Crippen molar-refractivity contribution in [2.45, 2.75) is 26.2 Å². The molecule has 0 radical (unpaired) electrons. The van der Waals surface area contributed by atoms with Gasteiger partial charge in [0.2, 0.25) is 17.8 Å². The number of aromatic nitrogens is 3. The molecule has 0 aliphatic rings. The number of anilines is 3. The number of unbranched alkanes of at least 4 members (excludes halogenated alkanes) is 2. The molecular formula is C12H24N6O. The lowest BCUT2D eigenvalue weighted by molar-refractivity contribution is 0.283. The lowest BCUT2D eigenvalue weighted by Gasteiger charge is -2.13. The van der Waals surface area contributed by atoms with Gasteiger partial charge in [-0.25, -0.2) is 0 Å². The van der Waals surface area contributed by atoms with Crippen LogP contribution in [0.25, 0.3) is 0 Å². The maximum absolute atomic E-state index is 8.71. The molecule has 1 aromatic rings. The third kappa shape index (κ3) is 5.69. The third-order valence-corrected chi connectivity index (χ3v) is 2.48. The van der Waals surface area contributed by atoms with E-state index in [0.29, 0.717) is 17.8 Å². The van der Waals surface area contributed by atoms with E-state index in [9.17, 15) is 0 Å². The molecule has 0 saturated heterocycles. The number of aliphatic hydroxyl groups is 1. The van der Waals surface area contributed by atoms with Gasteiger partial charge in [0.05, 0.1) is 0 Å². The predicted molar refractivity (Wildman–Crippen MR) is 77.7 cm³/mol. The van der Waals surface area contributed by atoms with Gasteiger partial charge in [0.15, 0.2) is 0 Å². The van der Waals surface area contributed by atoms with Gasteiger partial charge in [0.25, 0.3) is 0 Å². The van der Waals surface area contributed by atoms with Gasteiger partial charge in [-0.2, -0.15) is 15.0 Å². The summed E-state index contributed by atoms with van der Waals surface area (Å²) in [5.74, 6) is 1.79. The summed E-state index contributed by atoms with van der Waals surface area (Å²) in [5, 5.41) is 15.0. The Kier molecular flexibility index (Phi) is 6.88. The molecule has 19 heavy (non-hydrogen) atoms. The van der Waals surface area contributed by atoms with Crippen LogP contribution < -0.4 is 15.5 Å². The molecule has 0 aliphatic carbocycles. The minimum atomic E-state index is 0.251. The molecule has 0 aromatic carbocycles. The number of hydrogen-bond acceptors (Lipinski definition) is 7. The molecule has 1 rings (SSSR count). The van der Waals surface area contributed by atoms with E-state index in [1.165, 1.54) is 0 Å². The third-order valence-electron chi connectivity index (χ3n) is 2.48. The summed E-state index contributed by atoms with van der Waals surface area (Å²) in [6.45, 7) is 3.82. The Morgan fingerprint density at radius 2 is 1.68 bits per heavy atom. The molecule has 7 nitrogen and oxygen atoms in total. The Balaban J connectivity index is 2.60. The molecule has 108 valence electrons. The van der Waals surface area contributed by atoms with E-state index >= 15 is 0 Å². The van der Waals surface area contributed by atoms with Gasteiger partial charge < -0.3 is 20.6 Å². The summed E-state index contributed by atoms with van der Waals surface area (Å²) < 4.78 is 0. The highest BCUT2D eigenvalue weighted by Gasteiger charge is 2.06. The molecule has 1 heterocycles. The minimum absolute atomic E-state index is 0.251. The van der Waals surface area contributed by atoms with Crippen molar-refractivity contribution in [3.8, 4) is 0 Å². The van der Waals surface area contributed by atoms with Crippen LogP contribution >= 0.6 is 0 Å². The van der Waals surface area contributed by atoms with Crippen molar-refractivity contribution in [1.82, 2.24) is 15.0 Å². The van der Waals surface area contributed by atoms with Crippen molar-refractivity contribution in [2.24, 2.45) is 0 Å². The summed E-state index contributed by atoms with van der Waals surface area (Å²) in [4.78, 5) is 14.8. The van der Waals surface area contributed by atoms with Crippen LogP contribution in [0.1, 0.15) is 26.2 Å². The van der Waals surface area contributed by atoms with Crippen LogP contribution in [0.15, 0.2) is 0 Å². The number of aliphatic hydroxyl groups excluding tert-OH is 1. The second kappa shape index (κ2) is 8.47. The Hall–Kier alpha value is -1.63. The maximum Gasteiger partial charge on any atom is 0.231 e. The molecule has 0 spiro atoms. The van der Waals surface area contributed by atoms with Crippen molar-refractivity contribution in [3.63, 3.8) is 0 Å². The van der Waals surface area contributed by atoms with Gasteiger partial charge in [-0.1, -0.05) is 0 Å². The predicted octanol–water partition coefficient (Wildman–Crippen LogP) is 0.944. The number of rotatable bonds is 9. The van der Waals surface area contributed by atoms with Gasteiger partial charge in [-0.15, -0.1) is 0 Å². The van der Waals surface area contributed by atoms with E-state index in [-0.39, 0.29) is 6.61 Å². The zero-order valence-electron chi connectivity index (χ0n) is 12.0. The van der Waals surface area contributed by atoms with Crippen molar-refractivity contribution in [3.05, 3.63) is 0 Å². The summed E-state index contributed by atoms with van der Waals surface area (Å²) >= 11 is 0. The Labute approximate surface area is 114 Å². The average molecular weight is 268 g/mol. The van der Waals surface area contributed by atoms with Crippen LogP contribution in [0.3, 0.4) is 0 Å². The molecule has 0 bridgehead atoms. The van der Waals surface area contributed by atoms with Crippen LogP contribution in [0.2, 0.25) is 0 Å². The lowest BCUT2D eigenvalue weighted by Crippen LogP contribution is -2.17. The lowest BCUT2D eigenvalue weighted by atomic mass is 10.2. The summed E-state index contributed by atoms with van der Waals surface area (Å²) in [6.07, 6.45) is 2.82. The van der Waals surface area contributed by atoms with E-state index in [0.717, 1.165) is 32.4 Å². The molecule has 7 heteroatoms. The fourth-order valence-electron chi connectivity index (χ4n) is 1.49. The Morgan fingerprint density at radius 3 is 2.26 bits per heavy atom. The zero-order chi connectivity index (χ0) is 14.1. The second-order valence-electron chi connectivity index (χ2n) is 4.42. The van der Waals surface area contributed by atoms with Crippen LogP contribution in [0, 0.1) is 0 Å². The number of nitrogens with zero attached hydrogens (tertiary/aromatic N) is 4. The summed E-state index contributed by atoms with van der Waals surface area (Å²) in [6, 6.07) is 0. The highest BCUT2D eigenvalue weighted by molar-refractivity contribution is 5.42.